The number of aromatic nitrogens is 4. The van der Waals surface area contributed by atoms with Crippen LogP contribution in [-0.4, -0.2) is 25.7 Å². The highest BCUT2D eigenvalue weighted by Gasteiger charge is 2.33. The lowest BCUT2D eigenvalue weighted by molar-refractivity contribution is 0.103. The van der Waals surface area contributed by atoms with Crippen LogP contribution in [0.4, 0.5) is 4.39 Å². The molecular formula is C17H15FN4O2. The summed E-state index contributed by atoms with van der Waals surface area (Å²) in [4.78, 5) is 16.8. The molecule has 6 nitrogen and oxygen atoms in total. The van der Waals surface area contributed by atoms with Crippen LogP contribution in [0.5, 0.6) is 0 Å². The second kappa shape index (κ2) is 5.99. The molecule has 1 saturated carbocycles. The molecule has 2 heterocycles. The average molecular weight is 326 g/mol. The van der Waals surface area contributed by atoms with E-state index in [-0.39, 0.29) is 17.5 Å². The van der Waals surface area contributed by atoms with Gasteiger partial charge >= 0.3 is 0 Å². The van der Waals surface area contributed by atoms with Gasteiger partial charge in [0, 0.05) is 18.0 Å². The molecule has 1 aliphatic carbocycles. The third kappa shape index (κ3) is 2.84. The highest BCUT2D eigenvalue weighted by atomic mass is 19.1. The minimum Gasteiger partial charge on any atom is -0.360 e. The zero-order chi connectivity index (χ0) is 16.5. The van der Waals surface area contributed by atoms with Crippen LogP contribution in [-0.2, 0) is 13.0 Å². The molecule has 4 rings (SSSR count). The molecule has 0 amide bonds. The molecule has 0 saturated heterocycles. The van der Waals surface area contributed by atoms with Crippen molar-refractivity contribution >= 4 is 5.78 Å². The van der Waals surface area contributed by atoms with Gasteiger partial charge in [0.25, 0.3) is 0 Å². The van der Waals surface area contributed by atoms with Gasteiger partial charge in [-0.2, -0.15) is 5.10 Å². The number of halogens is 1. The highest BCUT2D eigenvalue weighted by molar-refractivity contribution is 6.10. The molecule has 122 valence electrons. The summed E-state index contributed by atoms with van der Waals surface area (Å²) in [6.45, 7) is 0.517. The monoisotopic (exact) mass is 326 g/mol. The number of ketones is 1. The Bertz CT molecular complexity index is 869. The number of benzene rings is 1. The average Bonchev–Trinajstić information content (AvgIpc) is 3.10. The predicted molar refractivity (Wildman–Crippen MR) is 82.0 cm³/mol. The molecule has 1 aromatic carbocycles. The van der Waals surface area contributed by atoms with Crippen molar-refractivity contribution in [2.75, 3.05) is 0 Å². The second-order valence-electron chi connectivity index (χ2n) is 5.92. The van der Waals surface area contributed by atoms with Gasteiger partial charge in [0.15, 0.2) is 11.5 Å². The van der Waals surface area contributed by atoms with Crippen LogP contribution in [0.25, 0.3) is 0 Å². The minimum absolute atomic E-state index is 0.174. The smallest absolute Gasteiger partial charge is 0.198 e. The van der Waals surface area contributed by atoms with E-state index >= 15 is 0 Å². The summed E-state index contributed by atoms with van der Waals surface area (Å²) in [7, 11) is 0. The molecule has 2 aromatic heterocycles. The summed E-state index contributed by atoms with van der Waals surface area (Å²) in [5.41, 5.74) is 1.59. The fourth-order valence-electron chi connectivity index (χ4n) is 2.78. The quantitative estimate of drug-likeness (QED) is 0.651. The molecule has 0 atom stereocenters. The molecule has 0 unspecified atom stereocenters. The van der Waals surface area contributed by atoms with E-state index < -0.39 is 0 Å². The van der Waals surface area contributed by atoms with Gasteiger partial charge < -0.3 is 4.52 Å². The number of rotatable bonds is 6. The lowest BCUT2D eigenvalue weighted by atomic mass is 9.96. The zero-order valence-electron chi connectivity index (χ0n) is 12.9. The van der Waals surface area contributed by atoms with Crippen LogP contribution in [0, 0.1) is 5.82 Å². The summed E-state index contributed by atoms with van der Waals surface area (Å²) in [6.07, 6.45) is 6.99. The van der Waals surface area contributed by atoms with Gasteiger partial charge in [-0.05, 0) is 43.0 Å². The standard InChI is InChI=1S/C17H15FN4O2/c18-13-3-4-14(12(7-13)5-6-22-10-19-9-20-22)16(23)15-8-21-24-17(15)11-1-2-11/h3-4,7-11H,1-2,5-6H2. The van der Waals surface area contributed by atoms with E-state index in [4.69, 9.17) is 4.52 Å². The topological polar surface area (TPSA) is 73.8 Å². The van der Waals surface area contributed by atoms with Gasteiger partial charge in [-0.15, -0.1) is 0 Å². The number of aryl methyl sites for hydroxylation is 2. The molecule has 0 N–H and O–H groups in total. The van der Waals surface area contributed by atoms with Gasteiger partial charge in [-0.1, -0.05) is 5.16 Å². The summed E-state index contributed by atoms with van der Waals surface area (Å²) < 4.78 is 20.6. The van der Waals surface area contributed by atoms with Gasteiger partial charge in [-0.25, -0.2) is 9.37 Å². The van der Waals surface area contributed by atoms with Crippen molar-refractivity contribution in [2.24, 2.45) is 0 Å². The first-order valence-electron chi connectivity index (χ1n) is 7.82. The lowest BCUT2D eigenvalue weighted by Gasteiger charge is -2.09. The molecule has 1 aliphatic rings. The summed E-state index contributed by atoms with van der Waals surface area (Å²) >= 11 is 0. The third-order valence-electron chi connectivity index (χ3n) is 4.18. The van der Waals surface area contributed by atoms with Crippen LogP contribution in [0.1, 0.15) is 46.0 Å². The number of carbonyl (C=O) groups is 1. The van der Waals surface area contributed by atoms with E-state index in [2.05, 4.69) is 15.2 Å². The first-order valence-corrected chi connectivity index (χ1v) is 7.82. The van der Waals surface area contributed by atoms with E-state index in [9.17, 15) is 9.18 Å². The van der Waals surface area contributed by atoms with Crippen molar-refractivity contribution in [3.63, 3.8) is 0 Å². The normalized spacial score (nSPS) is 14.0. The first-order chi connectivity index (χ1) is 11.7. The van der Waals surface area contributed by atoms with Crippen molar-refractivity contribution in [1.82, 2.24) is 19.9 Å². The molecule has 0 radical (unpaired) electrons. The largest absolute Gasteiger partial charge is 0.360 e. The number of nitrogens with zero attached hydrogens (tertiary/aromatic N) is 4. The van der Waals surface area contributed by atoms with Crippen LogP contribution in [0.3, 0.4) is 0 Å². The molecule has 24 heavy (non-hydrogen) atoms. The minimum atomic E-state index is -0.368. The lowest BCUT2D eigenvalue weighted by Crippen LogP contribution is -2.10. The number of hydrogen-bond acceptors (Lipinski definition) is 5. The van der Waals surface area contributed by atoms with Crippen LogP contribution >= 0.6 is 0 Å². The summed E-state index contributed by atoms with van der Waals surface area (Å²) in [6, 6.07) is 4.23. The van der Waals surface area contributed by atoms with Crippen molar-refractivity contribution in [2.45, 2.75) is 31.7 Å². The van der Waals surface area contributed by atoms with Crippen LogP contribution in [0.2, 0.25) is 0 Å². The van der Waals surface area contributed by atoms with Gasteiger partial charge in [-0.3, -0.25) is 9.48 Å². The van der Waals surface area contributed by atoms with Gasteiger partial charge in [0.1, 0.15) is 18.5 Å². The Hall–Kier alpha value is -2.83. The maximum absolute atomic E-state index is 13.7. The van der Waals surface area contributed by atoms with Gasteiger partial charge in [0.2, 0.25) is 0 Å². The van der Waals surface area contributed by atoms with Crippen LogP contribution < -0.4 is 0 Å². The Kier molecular flexibility index (Phi) is 3.68. The van der Waals surface area contributed by atoms with Crippen molar-refractivity contribution in [3.8, 4) is 0 Å². The predicted octanol–water partition coefficient (Wildman–Crippen LogP) is 2.76. The molecule has 0 spiro atoms. The fraction of sp³-hybridized carbons (Fsp3) is 0.294. The van der Waals surface area contributed by atoms with E-state index in [1.807, 2.05) is 0 Å². The van der Waals surface area contributed by atoms with E-state index in [0.717, 1.165) is 12.8 Å². The molecular weight excluding hydrogens is 311 g/mol. The van der Waals surface area contributed by atoms with Crippen molar-refractivity contribution in [3.05, 3.63) is 65.3 Å². The Morgan fingerprint density at radius 3 is 2.96 bits per heavy atom. The Balaban J connectivity index is 1.64. The maximum atomic E-state index is 13.7. The Morgan fingerprint density at radius 1 is 1.33 bits per heavy atom. The molecule has 1 fully saturated rings. The van der Waals surface area contributed by atoms with E-state index in [1.54, 1.807) is 11.0 Å². The molecule has 0 bridgehead atoms. The summed E-state index contributed by atoms with van der Waals surface area (Å²) in [5, 5.41) is 7.80. The zero-order valence-corrected chi connectivity index (χ0v) is 12.9. The van der Waals surface area contributed by atoms with Crippen LogP contribution in [0.15, 0.2) is 41.6 Å². The highest BCUT2D eigenvalue weighted by Crippen LogP contribution is 2.42. The molecule has 3 aromatic rings. The first kappa shape index (κ1) is 14.7. The molecule has 0 aliphatic heterocycles. The van der Waals surface area contributed by atoms with E-state index in [1.165, 1.54) is 30.7 Å². The van der Waals surface area contributed by atoms with Crippen molar-refractivity contribution < 1.29 is 13.7 Å². The van der Waals surface area contributed by atoms with E-state index in [0.29, 0.717) is 35.4 Å². The molecule has 7 heteroatoms. The van der Waals surface area contributed by atoms with Gasteiger partial charge in [0.05, 0.1) is 11.8 Å². The Morgan fingerprint density at radius 2 is 2.21 bits per heavy atom. The fourth-order valence-corrected chi connectivity index (χ4v) is 2.78. The summed E-state index contributed by atoms with van der Waals surface area (Å²) in [5.74, 6) is 0.386. The third-order valence-corrected chi connectivity index (χ3v) is 4.18. The number of carbonyl (C=O) groups excluding carboxylic acids is 1. The van der Waals surface area contributed by atoms with Crippen molar-refractivity contribution in [1.29, 1.82) is 0 Å². The Labute approximate surface area is 137 Å². The second-order valence-corrected chi connectivity index (χ2v) is 5.92. The SMILES string of the molecule is O=C(c1ccc(F)cc1CCn1cncn1)c1cnoc1C1CC1. The number of hydrogen-bond donors (Lipinski definition) is 0. The maximum Gasteiger partial charge on any atom is 0.198 e.